The molecule has 0 saturated carbocycles. The number of phenolic OH excluding ortho intramolecular Hbond substituents is 1. The third-order valence-electron chi connectivity index (χ3n) is 1.51. The SMILES string of the molecule is Nc1cc(O)c2nc(N)sc2c1. The molecule has 1 heterocycles. The summed E-state index contributed by atoms with van der Waals surface area (Å²) in [6.07, 6.45) is 0. The van der Waals surface area contributed by atoms with E-state index >= 15 is 0 Å². The van der Waals surface area contributed by atoms with Crippen molar-refractivity contribution in [1.29, 1.82) is 0 Å². The van der Waals surface area contributed by atoms with E-state index in [4.69, 9.17) is 11.5 Å². The van der Waals surface area contributed by atoms with Crippen molar-refractivity contribution >= 4 is 32.4 Å². The van der Waals surface area contributed by atoms with Crippen molar-refractivity contribution < 1.29 is 5.11 Å². The van der Waals surface area contributed by atoms with E-state index in [1.165, 1.54) is 17.4 Å². The number of hydrogen-bond acceptors (Lipinski definition) is 5. The first-order valence-electron chi connectivity index (χ1n) is 3.31. The van der Waals surface area contributed by atoms with Crippen LogP contribution in [-0.4, -0.2) is 10.1 Å². The van der Waals surface area contributed by atoms with Crippen LogP contribution in [0.2, 0.25) is 0 Å². The fraction of sp³-hybridized carbons (Fsp3) is 0. The van der Waals surface area contributed by atoms with Gasteiger partial charge in [-0.05, 0) is 6.07 Å². The number of phenols is 1. The molecule has 0 spiro atoms. The highest BCUT2D eigenvalue weighted by atomic mass is 32.1. The summed E-state index contributed by atoms with van der Waals surface area (Å²) >= 11 is 1.31. The molecule has 0 bridgehead atoms. The maximum absolute atomic E-state index is 9.37. The quantitative estimate of drug-likeness (QED) is 0.532. The van der Waals surface area contributed by atoms with Gasteiger partial charge < -0.3 is 16.6 Å². The average molecular weight is 181 g/mol. The summed E-state index contributed by atoms with van der Waals surface area (Å²) in [6.45, 7) is 0. The second-order valence-corrected chi connectivity index (χ2v) is 3.50. The number of fused-ring (bicyclic) bond motifs is 1. The number of nitrogen functional groups attached to an aromatic ring is 2. The number of nitrogens with zero attached hydrogens (tertiary/aromatic N) is 1. The van der Waals surface area contributed by atoms with Gasteiger partial charge in [0.05, 0.1) is 4.70 Å². The van der Waals surface area contributed by atoms with Crippen LogP contribution in [0, 0.1) is 0 Å². The summed E-state index contributed by atoms with van der Waals surface area (Å²) in [4.78, 5) is 3.94. The minimum absolute atomic E-state index is 0.0814. The van der Waals surface area contributed by atoms with Crippen molar-refractivity contribution in [3.8, 4) is 5.75 Å². The minimum atomic E-state index is 0.0814. The van der Waals surface area contributed by atoms with Crippen LogP contribution in [0.1, 0.15) is 0 Å². The van der Waals surface area contributed by atoms with Gasteiger partial charge in [-0.2, -0.15) is 0 Å². The van der Waals surface area contributed by atoms with Crippen LogP contribution in [0.25, 0.3) is 10.2 Å². The topological polar surface area (TPSA) is 85.2 Å². The van der Waals surface area contributed by atoms with E-state index in [9.17, 15) is 5.11 Å². The Bertz CT molecular complexity index is 437. The maximum atomic E-state index is 9.37. The highest BCUT2D eigenvalue weighted by molar-refractivity contribution is 7.22. The predicted octanol–water partition coefficient (Wildman–Crippen LogP) is 1.17. The molecule has 0 unspecified atom stereocenters. The van der Waals surface area contributed by atoms with Gasteiger partial charge in [0.2, 0.25) is 0 Å². The zero-order valence-electron chi connectivity index (χ0n) is 6.11. The lowest BCUT2D eigenvalue weighted by molar-refractivity contribution is 0.481. The monoisotopic (exact) mass is 181 g/mol. The number of hydrogen-bond donors (Lipinski definition) is 3. The van der Waals surface area contributed by atoms with Crippen molar-refractivity contribution in [2.24, 2.45) is 0 Å². The Kier molecular flexibility index (Phi) is 1.34. The third-order valence-corrected chi connectivity index (χ3v) is 2.35. The normalized spacial score (nSPS) is 10.7. The number of rotatable bonds is 0. The maximum Gasteiger partial charge on any atom is 0.181 e. The van der Waals surface area contributed by atoms with Crippen LogP contribution in [0.5, 0.6) is 5.75 Å². The molecule has 5 N–H and O–H groups in total. The Balaban J connectivity index is 2.88. The Hall–Kier alpha value is -1.49. The van der Waals surface area contributed by atoms with Gasteiger partial charge >= 0.3 is 0 Å². The predicted molar refractivity (Wildman–Crippen MR) is 50.1 cm³/mol. The number of nitrogens with two attached hydrogens (primary N) is 2. The number of benzene rings is 1. The third kappa shape index (κ3) is 0.947. The van der Waals surface area contributed by atoms with Gasteiger partial charge in [0.15, 0.2) is 5.13 Å². The number of aromatic hydroxyl groups is 1. The Morgan fingerprint density at radius 3 is 2.83 bits per heavy atom. The first-order valence-corrected chi connectivity index (χ1v) is 4.13. The van der Waals surface area contributed by atoms with Gasteiger partial charge in [0.25, 0.3) is 0 Å². The van der Waals surface area contributed by atoms with Crippen LogP contribution < -0.4 is 11.5 Å². The highest BCUT2D eigenvalue weighted by Gasteiger charge is 2.06. The molecule has 2 rings (SSSR count). The van der Waals surface area contributed by atoms with Gasteiger partial charge in [-0.15, -0.1) is 0 Å². The van der Waals surface area contributed by atoms with Crippen LogP contribution in [0.3, 0.4) is 0 Å². The standard InChI is InChI=1S/C7H7N3OS/c8-3-1-4(11)6-5(2-3)12-7(9)10-6/h1-2,11H,8H2,(H2,9,10). The molecule has 0 radical (unpaired) electrons. The lowest BCUT2D eigenvalue weighted by atomic mass is 10.3. The molecule has 1 aromatic heterocycles. The zero-order chi connectivity index (χ0) is 8.72. The van der Waals surface area contributed by atoms with Crippen molar-refractivity contribution in [2.75, 3.05) is 11.5 Å². The van der Waals surface area contributed by atoms with Gasteiger partial charge in [0, 0.05) is 11.8 Å². The molecule has 0 aliphatic heterocycles. The molecule has 1 aromatic carbocycles. The lowest BCUT2D eigenvalue weighted by Gasteiger charge is -1.94. The smallest absolute Gasteiger partial charge is 0.181 e. The number of thiazole rings is 1. The van der Waals surface area contributed by atoms with Crippen molar-refractivity contribution in [2.45, 2.75) is 0 Å². The van der Waals surface area contributed by atoms with E-state index in [-0.39, 0.29) is 5.75 Å². The largest absolute Gasteiger partial charge is 0.506 e. The summed E-state index contributed by atoms with van der Waals surface area (Å²) in [7, 11) is 0. The van der Waals surface area contributed by atoms with Crippen LogP contribution in [-0.2, 0) is 0 Å². The molecule has 0 atom stereocenters. The molecule has 0 aliphatic rings. The molecule has 0 saturated heterocycles. The first kappa shape index (κ1) is 7.17. The van der Waals surface area contributed by atoms with E-state index in [2.05, 4.69) is 4.98 Å². The molecule has 12 heavy (non-hydrogen) atoms. The second-order valence-electron chi connectivity index (χ2n) is 2.44. The Morgan fingerprint density at radius 2 is 2.08 bits per heavy atom. The van der Waals surface area contributed by atoms with Gasteiger partial charge in [-0.1, -0.05) is 11.3 Å². The van der Waals surface area contributed by atoms with Crippen molar-refractivity contribution in [3.05, 3.63) is 12.1 Å². The van der Waals surface area contributed by atoms with Gasteiger partial charge in [0.1, 0.15) is 11.3 Å². The lowest BCUT2D eigenvalue weighted by Crippen LogP contribution is -1.83. The fourth-order valence-corrected chi connectivity index (χ4v) is 1.85. The van der Waals surface area contributed by atoms with E-state index in [0.717, 1.165) is 4.70 Å². The van der Waals surface area contributed by atoms with Gasteiger partial charge in [-0.25, -0.2) is 4.98 Å². The molecule has 5 heteroatoms. The van der Waals surface area contributed by atoms with Crippen molar-refractivity contribution in [1.82, 2.24) is 4.98 Å². The molecule has 0 fully saturated rings. The fourth-order valence-electron chi connectivity index (χ4n) is 1.05. The summed E-state index contributed by atoms with van der Waals surface area (Å²) in [5, 5.41) is 9.81. The molecule has 0 aliphatic carbocycles. The van der Waals surface area contributed by atoms with Crippen LogP contribution >= 0.6 is 11.3 Å². The second kappa shape index (κ2) is 2.25. The summed E-state index contributed by atoms with van der Waals surface area (Å²) in [5.74, 6) is 0.0814. The molecular formula is C7H7N3OS. The Labute approximate surface area is 72.4 Å². The summed E-state index contributed by atoms with van der Waals surface area (Å²) in [6, 6.07) is 3.20. The van der Waals surface area contributed by atoms with Gasteiger partial charge in [-0.3, -0.25) is 0 Å². The van der Waals surface area contributed by atoms with Crippen LogP contribution in [0.15, 0.2) is 12.1 Å². The van der Waals surface area contributed by atoms with E-state index in [1.807, 2.05) is 0 Å². The summed E-state index contributed by atoms with van der Waals surface area (Å²) in [5.41, 5.74) is 12.0. The average Bonchev–Trinajstić information content (AvgIpc) is 2.29. The molecule has 62 valence electrons. The van der Waals surface area contributed by atoms with E-state index in [1.54, 1.807) is 6.07 Å². The highest BCUT2D eigenvalue weighted by Crippen LogP contribution is 2.32. The van der Waals surface area contributed by atoms with Crippen molar-refractivity contribution in [3.63, 3.8) is 0 Å². The van der Waals surface area contributed by atoms with Crippen LogP contribution in [0.4, 0.5) is 10.8 Å². The Morgan fingerprint density at radius 1 is 1.33 bits per heavy atom. The van der Waals surface area contributed by atoms with E-state index in [0.29, 0.717) is 16.3 Å². The molecule has 2 aromatic rings. The molecule has 0 amide bonds. The zero-order valence-corrected chi connectivity index (χ0v) is 6.93. The van der Waals surface area contributed by atoms with E-state index < -0.39 is 0 Å². The molecular weight excluding hydrogens is 174 g/mol. The summed E-state index contributed by atoms with van der Waals surface area (Å²) < 4.78 is 0.810. The number of aromatic nitrogens is 1. The first-order chi connectivity index (χ1) is 5.66. The number of anilines is 2. The minimum Gasteiger partial charge on any atom is -0.506 e. The molecule has 4 nitrogen and oxygen atoms in total.